The number of imide groups is 1. The molecule has 1 fully saturated rings. The van der Waals surface area contributed by atoms with Crippen molar-refractivity contribution in [3.63, 3.8) is 0 Å². The van der Waals surface area contributed by atoms with Gasteiger partial charge in [0.25, 0.3) is 5.91 Å². The number of Topliss-reactive ketones (excluding diaryl/α,β-unsaturated/α-hetero) is 1. The van der Waals surface area contributed by atoms with Crippen molar-refractivity contribution >= 4 is 29.4 Å². The molecule has 3 amide bonds. The van der Waals surface area contributed by atoms with Gasteiger partial charge >= 0.3 is 6.03 Å². The summed E-state index contributed by atoms with van der Waals surface area (Å²) < 4.78 is 0. The van der Waals surface area contributed by atoms with Crippen LogP contribution in [0.4, 0.5) is 10.5 Å². The highest BCUT2D eigenvalue weighted by molar-refractivity contribution is 6.11. The molecule has 0 radical (unpaired) electrons. The monoisotopic (exact) mass is 367 g/mol. The number of para-hydroxylation sites is 1. The molecule has 0 N–H and O–H groups in total. The fraction of sp³-hybridized carbons (Fsp3) is 0.368. The number of hydrogen-bond donors (Lipinski definition) is 0. The van der Waals surface area contributed by atoms with Gasteiger partial charge < -0.3 is 4.90 Å². The summed E-state index contributed by atoms with van der Waals surface area (Å²) >= 11 is 0. The smallest absolute Gasteiger partial charge is 0.302 e. The molecule has 8 nitrogen and oxygen atoms in total. The van der Waals surface area contributed by atoms with Gasteiger partial charge in [-0.05, 0) is 32.9 Å². The molecule has 2 unspecified atom stereocenters. The molecule has 1 aromatic rings. The Hall–Kier alpha value is -3.16. The first-order chi connectivity index (χ1) is 12.8. The van der Waals surface area contributed by atoms with E-state index in [-0.39, 0.29) is 18.2 Å². The quantitative estimate of drug-likeness (QED) is 0.811. The van der Waals surface area contributed by atoms with Crippen molar-refractivity contribution in [3.8, 4) is 0 Å². The molecule has 140 valence electrons. The summed E-state index contributed by atoms with van der Waals surface area (Å²) in [7, 11) is 1.62. The summed E-state index contributed by atoms with van der Waals surface area (Å²) in [6.45, 7) is 5.06. The molecule has 0 aromatic heterocycles. The lowest BCUT2D eigenvalue weighted by Crippen LogP contribution is -2.65. The number of guanidine groups is 1. The van der Waals surface area contributed by atoms with Gasteiger partial charge in [0.05, 0.1) is 6.54 Å². The molecule has 4 rings (SSSR count). The van der Waals surface area contributed by atoms with E-state index in [0.717, 1.165) is 22.0 Å². The minimum absolute atomic E-state index is 0.224. The second-order valence-electron chi connectivity index (χ2n) is 7.02. The van der Waals surface area contributed by atoms with Crippen molar-refractivity contribution in [1.29, 1.82) is 0 Å². The van der Waals surface area contributed by atoms with Crippen LogP contribution in [0.1, 0.15) is 20.8 Å². The van der Waals surface area contributed by atoms with E-state index < -0.39 is 18.2 Å². The van der Waals surface area contributed by atoms with Crippen LogP contribution in [0, 0.1) is 0 Å². The van der Waals surface area contributed by atoms with Crippen LogP contribution >= 0.6 is 0 Å². The van der Waals surface area contributed by atoms with E-state index in [0.29, 0.717) is 5.96 Å². The molecule has 27 heavy (non-hydrogen) atoms. The van der Waals surface area contributed by atoms with Crippen molar-refractivity contribution in [2.24, 2.45) is 4.99 Å². The summed E-state index contributed by atoms with van der Waals surface area (Å²) in [5.74, 6) is 0.00135. The lowest BCUT2D eigenvalue weighted by molar-refractivity contribution is -0.139. The lowest BCUT2D eigenvalue weighted by Gasteiger charge is -2.40. The van der Waals surface area contributed by atoms with Gasteiger partial charge in [0.2, 0.25) is 5.96 Å². The van der Waals surface area contributed by atoms with Crippen molar-refractivity contribution in [3.05, 3.63) is 41.7 Å². The van der Waals surface area contributed by atoms with Crippen molar-refractivity contribution < 1.29 is 14.4 Å². The molecular formula is C19H21N5O3. The molecule has 3 aliphatic rings. The maximum atomic E-state index is 13.1. The zero-order valence-electron chi connectivity index (χ0n) is 15.7. The van der Waals surface area contributed by atoms with Crippen LogP contribution < -0.4 is 4.90 Å². The Morgan fingerprint density at radius 1 is 1.11 bits per heavy atom. The number of hydrogen-bond acceptors (Lipinski definition) is 6. The maximum Gasteiger partial charge on any atom is 0.328 e. The molecule has 3 aliphatic heterocycles. The van der Waals surface area contributed by atoms with E-state index in [9.17, 15) is 14.4 Å². The second kappa shape index (κ2) is 5.94. The normalized spacial score (nSPS) is 24.5. The van der Waals surface area contributed by atoms with Gasteiger partial charge in [-0.15, -0.1) is 0 Å². The molecule has 1 aromatic carbocycles. The largest absolute Gasteiger partial charge is 0.328 e. The number of allylic oxidation sites excluding steroid dienone is 2. The number of carbonyl (C=O) groups excluding carboxylic acids is 3. The number of aliphatic imine (C=N–C) groups is 1. The van der Waals surface area contributed by atoms with Crippen molar-refractivity contribution in [1.82, 2.24) is 14.7 Å². The number of ketones is 1. The molecule has 0 aliphatic carbocycles. The first-order valence-corrected chi connectivity index (χ1v) is 8.80. The summed E-state index contributed by atoms with van der Waals surface area (Å²) in [5.41, 5.74) is 2.82. The van der Waals surface area contributed by atoms with E-state index in [2.05, 4.69) is 0 Å². The third-order valence-electron chi connectivity index (χ3n) is 5.29. The van der Waals surface area contributed by atoms with Gasteiger partial charge in [0.15, 0.2) is 12.2 Å². The fourth-order valence-electron chi connectivity index (χ4n) is 3.87. The van der Waals surface area contributed by atoms with E-state index in [4.69, 9.17) is 4.99 Å². The van der Waals surface area contributed by atoms with E-state index in [1.807, 2.05) is 54.0 Å². The van der Waals surface area contributed by atoms with E-state index in [1.54, 1.807) is 7.05 Å². The van der Waals surface area contributed by atoms with Crippen LogP contribution in [-0.4, -0.2) is 64.2 Å². The number of amides is 3. The van der Waals surface area contributed by atoms with Gasteiger partial charge in [0.1, 0.15) is 5.78 Å². The van der Waals surface area contributed by atoms with Crippen LogP contribution in [0.2, 0.25) is 0 Å². The van der Waals surface area contributed by atoms with Gasteiger partial charge in [-0.25, -0.2) is 9.79 Å². The molecule has 0 spiro atoms. The molecule has 1 saturated heterocycles. The fourth-order valence-corrected chi connectivity index (χ4v) is 3.87. The van der Waals surface area contributed by atoms with E-state index >= 15 is 0 Å². The number of carbonyl (C=O) groups is 3. The standard InChI is InChI=1S/C19H21N5O3/c1-11(25)10-22-17(26)15-16(21(4)19(22)27)20-18-23(12(2)13(3)24(15)18)14-8-6-5-7-9-14/h5-9,15-16H,10H2,1-4H3. The predicted octanol–water partition coefficient (Wildman–Crippen LogP) is 1.61. The van der Waals surface area contributed by atoms with Gasteiger partial charge in [0, 0.05) is 24.1 Å². The Balaban J connectivity index is 1.77. The Morgan fingerprint density at radius 2 is 1.78 bits per heavy atom. The highest BCUT2D eigenvalue weighted by Crippen LogP contribution is 2.39. The Morgan fingerprint density at radius 3 is 2.41 bits per heavy atom. The zero-order valence-corrected chi connectivity index (χ0v) is 15.7. The van der Waals surface area contributed by atoms with Crippen molar-refractivity contribution in [2.75, 3.05) is 18.5 Å². The molecule has 0 bridgehead atoms. The highest BCUT2D eigenvalue weighted by atomic mass is 16.2. The number of nitrogens with zero attached hydrogens (tertiary/aromatic N) is 5. The Bertz CT molecular complexity index is 907. The Labute approximate surface area is 157 Å². The third-order valence-corrected chi connectivity index (χ3v) is 5.29. The maximum absolute atomic E-state index is 13.1. The second-order valence-corrected chi connectivity index (χ2v) is 7.02. The number of anilines is 1. The summed E-state index contributed by atoms with van der Waals surface area (Å²) in [6.07, 6.45) is -0.613. The summed E-state index contributed by atoms with van der Waals surface area (Å²) in [6, 6.07) is 8.62. The average Bonchev–Trinajstić information content (AvgIpc) is 3.14. The Kier molecular flexibility index (Phi) is 3.80. The third kappa shape index (κ3) is 2.36. The number of fused-ring (bicyclic) bond motifs is 3. The highest BCUT2D eigenvalue weighted by Gasteiger charge is 2.55. The number of rotatable bonds is 3. The average molecular weight is 367 g/mol. The first-order valence-electron chi connectivity index (χ1n) is 8.80. The predicted molar refractivity (Wildman–Crippen MR) is 99.7 cm³/mol. The zero-order chi connectivity index (χ0) is 19.5. The first kappa shape index (κ1) is 17.3. The van der Waals surface area contributed by atoms with Gasteiger partial charge in [-0.1, -0.05) is 18.2 Å². The molecule has 8 heteroatoms. The molecule has 3 heterocycles. The van der Waals surface area contributed by atoms with Crippen LogP contribution in [0.5, 0.6) is 0 Å². The molecule has 0 saturated carbocycles. The van der Waals surface area contributed by atoms with E-state index in [1.165, 1.54) is 11.8 Å². The van der Waals surface area contributed by atoms with Crippen LogP contribution in [0.15, 0.2) is 46.7 Å². The topological polar surface area (TPSA) is 76.5 Å². The van der Waals surface area contributed by atoms with Crippen LogP contribution in [-0.2, 0) is 9.59 Å². The lowest BCUT2D eigenvalue weighted by atomic mass is 10.1. The van der Waals surface area contributed by atoms with Gasteiger partial charge in [-0.2, -0.15) is 0 Å². The SMILES string of the molecule is CC(=O)CN1C(=O)C2C(N=C3N(c4ccccc4)C(C)=C(C)N32)N(C)C1=O. The number of benzene rings is 1. The molecule has 2 atom stereocenters. The van der Waals surface area contributed by atoms with Crippen molar-refractivity contribution in [2.45, 2.75) is 33.0 Å². The number of urea groups is 1. The minimum Gasteiger partial charge on any atom is -0.302 e. The number of likely N-dealkylation sites (N-methyl/N-ethyl adjacent to an activating group) is 1. The minimum atomic E-state index is -0.661. The summed E-state index contributed by atoms with van der Waals surface area (Å²) in [4.78, 5) is 48.3. The van der Waals surface area contributed by atoms with Gasteiger partial charge in [-0.3, -0.25) is 24.3 Å². The molecular weight excluding hydrogens is 346 g/mol. The van der Waals surface area contributed by atoms with Crippen LogP contribution in [0.3, 0.4) is 0 Å². The van der Waals surface area contributed by atoms with Crippen LogP contribution in [0.25, 0.3) is 0 Å². The summed E-state index contributed by atoms with van der Waals surface area (Å²) in [5, 5.41) is 0.